The van der Waals surface area contributed by atoms with Crippen LogP contribution in [0.25, 0.3) is 0 Å². The summed E-state index contributed by atoms with van der Waals surface area (Å²) < 4.78 is 89.6. The van der Waals surface area contributed by atoms with Crippen molar-refractivity contribution < 1.29 is 50.3 Å². The van der Waals surface area contributed by atoms with Crippen molar-refractivity contribution in [1.82, 2.24) is 15.1 Å². The van der Waals surface area contributed by atoms with Crippen LogP contribution in [-0.2, 0) is 44.6 Å². The smallest absolute Gasteiger partial charge is 0.417 e. The zero-order chi connectivity index (χ0) is 44.4. The fourth-order valence-electron chi connectivity index (χ4n) is 8.09. The predicted octanol–water partition coefficient (Wildman–Crippen LogP) is 6.23. The second-order valence-corrected chi connectivity index (χ2v) is 16.4. The molecule has 3 aromatic carbocycles. The fraction of sp³-hybridized carbons (Fsp3) is 0.442. The lowest BCUT2D eigenvalue weighted by atomic mass is 9.90. The summed E-state index contributed by atoms with van der Waals surface area (Å²) in [4.78, 5) is 57.0. The van der Waals surface area contributed by atoms with Crippen LogP contribution in [0.2, 0.25) is 0 Å². The van der Waals surface area contributed by atoms with E-state index in [2.05, 4.69) is 10.2 Å². The van der Waals surface area contributed by atoms with Crippen LogP contribution in [0.5, 0.6) is 5.75 Å². The molecule has 0 bridgehead atoms. The highest BCUT2D eigenvalue weighted by molar-refractivity contribution is 7.81. The zero-order valence-corrected chi connectivity index (χ0v) is 34.5. The summed E-state index contributed by atoms with van der Waals surface area (Å²) in [5, 5.41) is 11.4. The molecule has 0 radical (unpaired) electrons. The van der Waals surface area contributed by atoms with Crippen LogP contribution in [0.3, 0.4) is 0 Å². The van der Waals surface area contributed by atoms with E-state index in [9.17, 15) is 50.8 Å². The van der Waals surface area contributed by atoms with Crippen LogP contribution < -0.4 is 19.9 Å². The molecule has 6 rings (SSSR count). The van der Waals surface area contributed by atoms with Gasteiger partial charge in [-0.25, -0.2) is 13.2 Å². The van der Waals surface area contributed by atoms with Crippen molar-refractivity contribution in [2.24, 2.45) is 5.92 Å². The molecule has 0 aromatic heterocycles. The number of ketones is 1. The number of carbonyl (C=O) groups excluding carboxylic acids is 4. The molecule has 0 spiro atoms. The topological polar surface area (TPSA) is 126 Å². The summed E-state index contributed by atoms with van der Waals surface area (Å²) in [6.07, 6.45) is -7.46. The SMILES string of the molecule is C[C@@H]1CN(CCOc2ccc(N3C(=S)N(c4ccc(C#N)c(C(F)(F)F)c4)C(=O)C3(C)C)cc2CC(F)F)CCN1CC(=O)Cc1cc(F)cc(CC2CCC(=O)NC2=O)c1. The summed E-state index contributed by atoms with van der Waals surface area (Å²) in [6.45, 7) is 7.48. The number of hydrogen-bond acceptors (Lipinski definition) is 9. The second-order valence-electron chi connectivity index (χ2n) is 16.0. The zero-order valence-electron chi connectivity index (χ0n) is 33.7. The van der Waals surface area contributed by atoms with E-state index in [1.54, 1.807) is 6.07 Å². The first kappa shape index (κ1) is 45.2. The molecule has 0 aliphatic carbocycles. The Hall–Kier alpha value is -5.38. The molecule has 3 fully saturated rings. The van der Waals surface area contributed by atoms with Crippen molar-refractivity contribution >= 4 is 52.2 Å². The number of amides is 3. The number of thiocarbonyl (C=S) groups is 1. The Labute approximate surface area is 354 Å². The maximum Gasteiger partial charge on any atom is 0.417 e. The Kier molecular flexibility index (Phi) is 13.6. The van der Waals surface area contributed by atoms with Gasteiger partial charge >= 0.3 is 6.18 Å². The highest BCUT2D eigenvalue weighted by atomic mass is 32.1. The van der Waals surface area contributed by atoms with Crippen molar-refractivity contribution in [2.45, 2.75) is 77.1 Å². The maximum absolute atomic E-state index is 14.5. The van der Waals surface area contributed by atoms with Crippen LogP contribution >= 0.6 is 12.2 Å². The number of nitriles is 1. The number of alkyl halides is 5. The number of rotatable bonds is 14. The van der Waals surface area contributed by atoms with E-state index >= 15 is 0 Å². The Morgan fingerprint density at radius 3 is 2.43 bits per heavy atom. The average molecular weight is 871 g/mol. The van der Waals surface area contributed by atoms with Crippen molar-refractivity contribution in [3.8, 4) is 11.8 Å². The van der Waals surface area contributed by atoms with E-state index in [4.69, 9.17) is 17.0 Å². The summed E-state index contributed by atoms with van der Waals surface area (Å²) in [5.74, 6) is -2.24. The third-order valence-corrected chi connectivity index (χ3v) is 11.5. The molecule has 1 N–H and O–H groups in total. The van der Waals surface area contributed by atoms with Gasteiger partial charge in [-0.1, -0.05) is 6.07 Å². The molecule has 1 unspecified atom stereocenters. The lowest BCUT2D eigenvalue weighted by molar-refractivity contribution is -0.138. The molecule has 0 saturated carbocycles. The molecular weight excluding hydrogens is 827 g/mol. The van der Waals surface area contributed by atoms with Gasteiger partial charge in [0.25, 0.3) is 5.91 Å². The minimum absolute atomic E-state index is 0.0101. The number of halogens is 6. The van der Waals surface area contributed by atoms with E-state index in [0.29, 0.717) is 49.8 Å². The summed E-state index contributed by atoms with van der Waals surface area (Å²) in [7, 11) is 0. The number of imide groups is 1. The molecule has 324 valence electrons. The van der Waals surface area contributed by atoms with Gasteiger partial charge in [-0.15, -0.1) is 0 Å². The summed E-state index contributed by atoms with van der Waals surface area (Å²) in [6, 6.07) is 13.1. The predicted molar refractivity (Wildman–Crippen MR) is 217 cm³/mol. The molecule has 3 aromatic rings. The summed E-state index contributed by atoms with van der Waals surface area (Å²) in [5.41, 5.74) is -2.02. The molecule has 3 aliphatic heterocycles. The van der Waals surface area contributed by atoms with Crippen molar-refractivity contribution in [2.75, 3.05) is 49.1 Å². The van der Waals surface area contributed by atoms with Gasteiger partial charge in [-0.05, 0) is 105 Å². The number of hydrogen-bond donors (Lipinski definition) is 1. The van der Waals surface area contributed by atoms with Gasteiger partial charge in [-0.3, -0.25) is 39.2 Å². The Balaban J connectivity index is 1.05. The van der Waals surface area contributed by atoms with Gasteiger partial charge in [0.1, 0.15) is 23.7 Å². The number of nitrogens with zero attached hydrogens (tertiary/aromatic N) is 5. The lowest BCUT2D eigenvalue weighted by Gasteiger charge is -2.39. The van der Waals surface area contributed by atoms with E-state index in [1.165, 1.54) is 61.2 Å². The van der Waals surface area contributed by atoms with E-state index in [1.807, 2.05) is 11.8 Å². The van der Waals surface area contributed by atoms with Crippen LogP contribution in [0.15, 0.2) is 54.6 Å². The van der Waals surface area contributed by atoms with Crippen LogP contribution in [0, 0.1) is 23.1 Å². The van der Waals surface area contributed by atoms with E-state index in [-0.39, 0.29) is 83.9 Å². The first-order valence-electron chi connectivity index (χ1n) is 19.7. The van der Waals surface area contributed by atoms with Crippen molar-refractivity contribution in [3.05, 3.63) is 88.2 Å². The molecule has 3 amide bonds. The first-order chi connectivity index (χ1) is 28.7. The first-order valence-corrected chi connectivity index (χ1v) is 20.1. The van der Waals surface area contributed by atoms with Crippen LogP contribution in [-0.4, -0.2) is 95.8 Å². The normalized spacial score (nSPS) is 20.0. The van der Waals surface area contributed by atoms with Gasteiger partial charge in [0.15, 0.2) is 10.9 Å². The molecule has 3 aliphatic rings. The monoisotopic (exact) mass is 870 g/mol. The summed E-state index contributed by atoms with van der Waals surface area (Å²) >= 11 is 5.61. The lowest BCUT2D eigenvalue weighted by Crippen LogP contribution is -2.53. The minimum atomic E-state index is -4.88. The fourth-order valence-corrected chi connectivity index (χ4v) is 8.61. The van der Waals surface area contributed by atoms with Crippen molar-refractivity contribution in [3.63, 3.8) is 0 Å². The maximum atomic E-state index is 14.5. The third-order valence-electron chi connectivity index (χ3n) is 11.2. The van der Waals surface area contributed by atoms with Crippen molar-refractivity contribution in [1.29, 1.82) is 5.26 Å². The molecular formula is C43H44F6N6O5S. The quantitative estimate of drug-likeness (QED) is 0.113. The van der Waals surface area contributed by atoms with Gasteiger partial charge in [0.05, 0.1) is 29.4 Å². The Bertz CT molecular complexity index is 2260. The molecule has 3 heterocycles. The Morgan fingerprint density at radius 1 is 1.03 bits per heavy atom. The molecule has 61 heavy (non-hydrogen) atoms. The average Bonchev–Trinajstić information content (AvgIpc) is 3.35. The number of ether oxygens (including phenoxy) is 1. The highest BCUT2D eigenvalue weighted by Crippen LogP contribution is 2.41. The number of nitrogens with one attached hydrogen (secondary N) is 1. The minimum Gasteiger partial charge on any atom is -0.492 e. The standard InChI is InChI=1S/C43H44F6N6O5S/c1-25-23-52(10-11-53(25)24-34(56)18-27-14-26(16-31(44)17-27)15-28-5-9-38(57)51-39(28)58)12-13-60-36-8-7-33(19-30(36)20-37(45)46)55-41(61)54(40(59)42(55,2)3)32-6-4-29(22-50)35(21-32)43(47,48)49/h4,6-8,14,16-17,19,21,25,28,37H,5,9-13,15,18,20,23-24H2,1-3H3,(H,51,57,58)/t25-,28?/m1/s1. The number of piperazine rings is 1. The molecule has 2 atom stereocenters. The number of benzene rings is 3. The van der Waals surface area contributed by atoms with Gasteiger partial charge in [0, 0.05) is 68.7 Å². The van der Waals surface area contributed by atoms with Gasteiger partial charge in [-0.2, -0.15) is 18.4 Å². The largest absolute Gasteiger partial charge is 0.492 e. The third kappa shape index (κ3) is 10.4. The second kappa shape index (κ2) is 18.3. The van der Waals surface area contributed by atoms with Gasteiger partial charge in [0.2, 0.25) is 18.2 Å². The van der Waals surface area contributed by atoms with Crippen LogP contribution in [0.1, 0.15) is 61.4 Å². The van der Waals surface area contributed by atoms with E-state index in [0.717, 1.165) is 11.0 Å². The highest BCUT2D eigenvalue weighted by Gasteiger charge is 2.51. The van der Waals surface area contributed by atoms with E-state index < -0.39 is 53.3 Å². The molecule has 18 heteroatoms. The number of Topliss-reactive ketones (excluding diaryl/α,β-unsaturated/α-hetero) is 1. The van der Waals surface area contributed by atoms with Crippen LogP contribution in [0.4, 0.5) is 37.7 Å². The number of piperidine rings is 1. The molecule has 3 saturated heterocycles. The molecule has 11 nitrogen and oxygen atoms in total. The number of anilines is 2. The van der Waals surface area contributed by atoms with Gasteiger partial charge < -0.3 is 9.64 Å². The Morgan fingerprint density at radius 2 is 1.75 bits per heavy atom. The number of carbonyl (C=O) groups is 4.